The van der Waals surface area contributed by atoms with Crippen LogP contribution in [-0.4, -0.2) is 52.1 Å². The van der Waals surface area contributed by atoms with E-state index in [1.54, 1.807) is 12.1 Å². The molecule has 170 valence electrons. The minimum atomic E-state index is -1.26. The summed E-state index contributed by atoms with van der Waals surface area (Å²) in [6.07, 6.45) is 4.12. The second kappa shape index (κ2) is 11.6. The lowest BCUT2D eigenvalue weighted by Gasteiger charge is -2.27. The number of carboxylic acid groups (broad SMARTS) is 2. The monoisotopic (exact) mass is 442 g/mol. The van der Waals surface area contributed by atoms with Gasteiger partial charge in [-0.3, -0.25) is 10.1 Å². The van der Waals surface area contributed by atoms with E-state index in [9.17, 15) is 19.7 Å². The first-order chi connectivity index (χ1) is 15.2. The van der Waals surface area contributed by atoms with Gasteiger partial charge in [0.25, 0.3) is 5.69 Å². The van der Waals surface area contributed by atoms with Crippen LogP contribution in [0.1, 0.15) is 30.1 Å². The summed E-state index contributed by atoms with van der Waals surface area (Å²) in [4.78, 5) is 31.7. The van der Waals surface area contributed by atoms with Gasteiger partial charge in [0.05, 0.1) is 4.92 Å². The highest BCUT2D eigenvalue weighted by Gasteiger charge is 2.27. The van der Waals surface area contributed by atoms with E-state index in [0.29, 0.717) is 23.9 Å². The topological polar surface area (TPSA) is 130 Å². The van der Waals surface area contributed by atoms with Gasteiger partial charge in [0.15, 0.2) is 0 Å². The molecule has 0 fully saturated rings. The number of carboxylic acids is 2. The smallest absolute Gasteiger partial charge is 0.328 e. The molecular weight excluding hydrogens is 416 g/mol. The fourth-order valence-corrected chi connectivity index (χ4v) is 3.42. The van der Waals surface area contributed by atoms with Gasteiger partial charge in [-0.25, -0.2) is 9.59 Å². The second-order valence-electron chi connectivity index (χ2n) is 7.46. The third-order valence-corrected chi connectivity index (χ3v) is 5.06. The third-order valence-electron chi connectivity index (χ3n) is 5.06. The molecular formula is C23H26N2O7. The molecule has 2 unspecified atom stereocenters. The molecule has 3 rings (SSSR count). The number of hydrogen-bond donors (Lipinski definition) is 2. The Hall–Kier alpha value is -3.72. The van der Waals surface area contributed by atoms with Crippen LogP contribution in [0.25, 0.3) is 0 Å². The molecule has 0 saturated heterocycles. The molecule has 0 bridgehead atoms. The van der Waals surface area contributed by atoms with E-state index < -0.39 is 16.9 Å². The van der Waals surface area contributed by atoms with Crippen molar-refractivity contribution in [2.75, 3.05) is 14.1 Å². The van der Waals surface area contributed by atoms with E-state index in [1.165, 1.54) is 23.3 Å². The molecule has 0 saturated carbocycles. The van der Waals surface area contributed by atoms with Crippen LogP contribution >= 0.6 is 0 Å². The maximum atomic E-state index is 10.8. The van der Waals surface area contributed by atoms with Gasteiger partial charge >= 0.3 is 11.9 Å². The summed E-state index contributed by atoms with van der Waals surface area (Å²) in [7, 11) is 4.20. The van der Waals surface area contributed by atoms with E-state index >= 15 is 0 Å². The first kappa shape index (κ1) is 24.5. The number of benzene rings is 2. The van der Waals surface area contributed by atoms with Gasteiger partial charge in [0, 0.05) is 36.7 Å². The minimum Gasteiger partial charge on any atom is -0.486 e. The largest absolute Gasteiger partial charge is 0.486 e. The van der Waals surface area contributed by atoms with Gasteiger partial charge in [0.2, 0.25) is 0 Å². The Morgan fingerprint density at radius 2 is 1.66 bits per heavy atom. The molecule has 0 aliphatic heterocycles. The molecule has 0 heterocycles. The van der Waals surface area contributed by atoms with Crippen LogP contribution in [0.2, 0.25) is 0 Å². The third kappa shape index (κ3) is 7.51. The zero-order valence-electron chi connectivity index (χ0n) is 17.9. The summed E-state index contributed by atoms with van der Waals surface area (Å²) in [6, 6.07) is 15.2. The Labute approximate surface area is 185 Å². The fraction of sp³-hybridized carbons (Fsp3) is 0.304. The Balaban J connectivity index is 0.000000390. The van der Waals surface area contributed by atoms with Crippen LogP contribution in [0.15, 0.2) is 60.7 Å². The van der Waals surface area contributed by atoms with Gasteiger partial charge in [-0.1, -0.05) is 24.3 Å². The maximum Gasteiger partial charge on any atom is 0.328 e. The first-order valence-corrected chi connectivity index (χ1v) is 9.96. The van der Waals surface area contributed by atoms with Crippen molar-refractivity contribution in [2.45, 2.75) is 31.4 Å². The normalized spacial score (nSPS) is 17.6. The molecule has 1 aliphatic carbocycles. The molecule has 32 heavy (non-hydrogen) atoms. The zero-order valence-corrected chi connectivity index (χ0v) is 17.9. The molecule has 0 amide bonds. The number of hydrogen-bond acceptors (Lipinski definition) is 6. The van der Waals surface area contributed by atoms with Crippen molar-refractivity contribution in [1.82, 2.24) is 4.90 Å². The van der Waals surface area contributed by atoms with Crippen LogP contribution in [0.5, 0.6) is 5.75 Å². The van der Waals surface area contributed by atoms with E-state index in [2.05, 4.69) is 37.2 Å². The first-order valence-electron chi connectivity index (χ1n) is 9.96. The Kier molecular flexibility index (Phi) is 8.91. The molecule has 1 aliphatic rings. The van der Waals surface area contributed by atoms with Crippen molar-refractivity contribution >= 4 is 17.6 Å². The highest BCUT2D eigenvalue weighted by molar-refractivity contribution is 5.89. The molecule has 9 nitrogen and oxygen atoms in total. The number of rotatable bonds is 6. The van der Waals surface area contributed by atoms with Crippen molar-refractivity contribution < 1.29 is 29.5 Å². The lowest BCUT2D eigenvalue weighted by Crippen LogP contribution is -2.30. The number of carbonyl (C=O) groups is 2. The number of nitrogens with zero attached hydrogens (tertiary/aromatic N) is 2. The summed E-state index contributed by atoms with van der Waals surface area (Å²) < 4.78 is 6.23. The van der Waals surface area contributed by atoms with Gasteiger partial charge in [-0.2, -0.15) is 0 Å². The van der Waals surface area contributed by atoms with Crippen LogP contribution in [0.4, 0.5) is 5.69 Å². The van der Waals surface area contributed by atoms with E-state index in [-0.39, 0.29) is 11.8 Å². The standard InChI is InChI=1S/C19H22N2O3.C4H4O4/c1-20(2)16-8-7-14-5-3-4-6-18(14)19(13-16)24-17-11-9-15(10-12-17)21(22)23;5-3(6)1-2-4(7)8/h3-6,9-12,16,19H,7-8,13H2,1-2H3;1-2H,(H,5,6)(H,7,8)/b;2-1+. The van der Waals surface area contributed by atoms with Crippen molar-refractivity contribution in [3.05, 3.63) is 81.9 Å². The zero-order chi connectivity index (χ0) is 23.7. The average molecular weight is 442 g/mol. The van der Waals surface area contributed by atoms with Crippen LogP contribution < -0.4 is 4.74 Å². The number of aliphatic carboxylic acids is 2. The summed E-state index contributed by atoms with van der Waals surface area (Å²) in [5.74, 6) is -1.85. The number of fused-ring (bicyclic) bond motifs is 1. The van der Waals surface area contributed by atoms with Gasteiger partial charge < -0.3 is 19.8 Å². The van der Waals surface area contributed by atoms with Crippen molar-refractivity contribution in [2.24, 2.45) is 0 Å². The predicted octanol–water partition coefficient (Wildman–Crippen LogP) is 3.69. The van der Waals surface area contributed by atoms with E-state index in [4.69, 9.17) is 14.9 Å². The van der Waals surface area contributed by atoms with Crippen molar-refractivity contribution in [1.29, 1.82) is 0 Å². The number of non-ortho nitro benzene ring substituents is 1. The molecule has 0 radical (unpaired) electrons. The van der Waals surface area contributed by atoms with E-state index in [0.717, 1.165) is 19.3 Å². The Morgan fingerprint density at radius 3 is 2.19 bits per heavy atom. The number of ether oxygens (including phenoxy) is 1. The molecule has 2 atom stereocenters. The summed E-state index contributed by atoms with van der Waals surface area (Å²) in [5, 5.41) is 26.4. The number of nitro groups is 1. The molecule has 2 N–H and O–H groups in total. The summed E-state index contributed by atoms with van der Waals surface area (Å²) >= 11 is 0. The second-order valence-corrected chi connectivity index (χ2v) is 7.46. The lowest BCUT2D eigenvalue weighted by molar-refractivity contribution is -0.384. The molecule has 0 spiro atoms. The molecule has 2 aromatic carbocycles. The average Bonchev–Trinajstić information content (AvgIpc) is 2.93. The predicted molar refractivity (Wildman–Crippen MR) is 118 cm³/mol. The van der Waals surface area contributed by atoms with Crippen molar-refractivity contribution in [3.63, 3.8) is 0 Å². The fourth-order valence-electron chi connectivity index (χ4n) is 3.42. The Morgan fingerprint density at radius 1 is 1.06 bits per heavy atom. The van der Waals surface area contributed by atoms with Gasteiger partial charge in [-0.15, -0.1) is 0 Å². The SMILES string of the molecule is CN(C)C1CCc2ccccc2C(Oc2ccc([N+](=O)[O-])cc2)C1.O=C(O)/C=C/C(=O)O. The van der Waals surface area contributed by atoms with Crippen molar-refractivity contribution in [3.8, 4) is 5.75 Å². The summed E-state index contributed by atoms with van der Waals surface area (Å²) in [5.41, 5.74) is 2.63. The highest BCUT2D eigenvalue weighted by atomic mass is 16.6. The molecule has 2 aromatic rings. The minimum absolute atomic E-state index is 0.0439. The Bertz CT molecular complexity index is 955. The van der Waals surface area contributed by atoms with Gasteiger partial charge in [0.1, 0.15) is 11.9 Å². The highest BCUT2D eigenvalue weighted by Crippen LogP contribution is 2.34. The summed E-state index contributed by atoms with van der Waals surface area (Å²) in [6.45, 7) is 0. The maximum absolute atomic E-state index is 10.8. The number of aryl methyl sites for hydroxylation is 1. The van der Waals surface area contributed by atoms with Crippen LogP contribution in [0.3, 0.4) is 0 Å². The molecule has 0 aromatic heterocycles. The number of nitro benzene ring substituents is 1. The van der Waals surface area contributed by atoms with E-state index in [1.807, 2.05) is 6.07 Å². The van der Waals surface area contributed by atoms with Gasteiger partial charge in [-0.05, 0) is 50.2 Å². The quantitative estimate of drug-likeness (QED) is 0.300. The molecule has 9 heteroatoms. The van der Waals surface area contributed by atoms with Crippen LogP contribution in [0, 0.1) is 10.1 Å². The van der Waals surface area contributed by atoms with Crippen LogP contribution in [-0.2, 0) is 16.0 Å². The lowest BCUT2D eigenvalue weighted by atomic mass is 10.0.